The summed E-state index contributed by atoms with van der Waals surface area (Å²) in [6, 6.07) is 2.17. The van der Waals surface area contributed by atoms with E-state index in [1.165, 1.54) is 29.8 Å². The number of piperidine rings is 1. The second-order valence-corrected chi connectivity index (χ2v) is 5.34. The molecule has 0 saturated carbocycles. The summed E-state index contributed by atoms with van der Waals surface area (Å²) < 4.78 is 0. The van der Waals surface area contributed by atoms with Crippen molar-refractivity contribution in [1.29, 1.82) is 0 Å². The smallest absolute Gasteiger partial charge is 0.0925 e. The summed E-state index contributed by atoms with van der Waals surface area (Å²) in [5.41, 5.74) is 1.35. The minimum Gasteiger partial charge on any atom is -0.387 e. The van der Waals surface area contributed by atoms with Gasteiger partial charge in [-0.3, -0.25) is 4.90 Å². The van der Waals surface area contributed by atoms with Crippen molar-refractivity contribution < 1.29 is 5.11 Å². The molecule has 0 amide bonds. The van der Waals surface area contributed by atoms with E-state index in [1.807, 2.05) is 0 Å². The normalized spacial score (nSPS) is 36.2. The van der Waals surface area contributed by atoms with Gasteiger partial charge >= 0.3 is 0 Å². The van der Waals surface area contributed by atoms with E-state index in [9.17, 15) is 5.11 Å². The molecule has 3 atom stereocenters. The van der Waals surface area contributed by atoms with Crippen LogP contribution >= 0.6 is 11.3 Å². The van der Waals surface area contributed by atoms with Crippen molar-refractivity contribution in [2.75, 3.05) is 13.1 Å². The van der Waals surface area contributed by atoms with Crippen molar-refractivity contribution >= 4 is 11.3 Å². The quantitative estimate of drug-likeness (QED) is 0.706. The molecule has 1 aromatic rings. The van der Waals surface area contributed by atoms with Gasteiger partial charge < -0.3 is 5.11 Å². The number of aliphatic hydroxyl groups is 1. The topological polar surface area (TPSA) is 23.5 Å². The molecule has 0 aromatic carbocycles. The van der Waals surface area contributed by atoms with E-state index in [2.05, 4.69) is 16.3 Å². The fourth-order valence-corrected chi connectivity index (χ4v) is 3.68. The predicted molar refractivity (Wildman–Crippen MR) is 57.3 cm³/mol. The van der Waals surface area contributed by atoms with E-state index in [-0.39, 0.29) is 6.10 Å². The van der Waals surface area contributed by atoms with Crippen LogP contribution in [-0.2, 0) is 6.54 Å². The highest BCUT2D eigenvalue weighted by atomic mass is 32.1. The Hall–Kier alpha value is -0.380. The summed E-state index contributed by atoms with van der Waals surface area (Å²) in [6.45, 7) is 3.34. The van der Waals surface area contributed by atoms with Crippen molar-refractivity contribution in [1.82, 2.24) is 4.90 Å². The van der Waals surface area contributed by atoms with Gasteiger partial charge in [0.05, 0.1) is 6.10 Å². The molecule has 0 radical (unpaired) electrons. The lowest BCUT2D eigenvalue weighted by atomic mass is 9.93. The summed E-state index contributed by atoms with van der Waals surface area (Å²) in [5, 5.41) is 12.3. The van der Waals surface area contributed by atoms with Crippen LogP contribution in [0.4, 0.5) is 0 Å². The van der Waals surface area contributed by atoms with Gasteiger partial charge in [0.25, 0.3) is 0 Å². The van der Waals surface area contributed by atoms with Crippen LogP contribution in [0.15, 0.2) is 11.4 Å². The van der Waals surface area contributed by atoms with Gasteiger partial charge in [-0.25, -0.2) is 0 Å². The van der Waals surface area contributed by atoms with Gasteiger partial charge in [0.1, 0.15) is 0 Å². The molecule has 1 aromatic heterocycles. The Morgan fingerprint density at radius 1 is 1.50 bits per heavy atom. The highest BCUT2D eigenvalue weighted by Gasteiger charge is 2.32. The molecule has 2 nitrogen and oxygen atoms in total. The van der Waals surface area contributed by atoms with Gasteiger partial charge in [-0.1, -0.05) is 0 Å². The van der Waals surface area contributed by atoms with Crippen molar-refractivity contribution in [2.45, 2.75) is 25.5 Å². The SMILES string of the molecule is O[C@@H]1c2sccc2CN2CCC[C@H]1C2. The highest BCUT2D eigenvalue weighted by molar-refractivity contribution is 7.10. The Morgan fingerprint density at radius 2 is 2.43 bits per heavy atom. The molecule has 1 unspecified atom stereocenters. The number of rotatable bonds is 0. The third kappa shape index (κ3) is 1.31. The maximum Gasteiger partial charge on any atom is 0.0925 e. The Labute approximate surface area is 88.2 Å². The Kier molecular flexibility index (Phi) is 2.11. The summed E-state index contributed by atoms with van der Waals surface area (Å²) in [7, 11) is 0. The lowest BCUT2D eigenvalue weighted by Crippen LogP contribution is -2.34. The van der Waals surface area contributed by atoms with Gasteiger partial charge in [-0.05, 0) is 36.4 Å². The number of fused-ring (bicyclic) bond motifs is 3. The molecule has 1 N–H and O–H groups in total. The lowest BCUT2D eigenvalue weighted by Gasteiger charge is -2.31. The molecule has 0 aliphatic carbocycles. The fraction of sp³-hybridized carbons (Fsp3) is 0.636. The number of nitrogens with zero attached hydrogens (tertiary/aromatic N) is 1. The Balaban J connectivity index is 2.01. The minimum atomic E-state index is -0.199. The summed E-state index contributed by atoms with van der Waals surface area (Å²) >= 11 is 1.72. The number of thiophene rings is 1. The monoisotopic (exact) mass is 209 g/mol. The van der Waals surface area contributed by atoms with Crippen LogP contribution in [0.1, 0.15) is 29.4 Å². The first-order chi connectivity index (χ1) is 6.84. The molecule has 2 bridgehead atoms. The van der Waals surface area contributed by atoms with E-state index in [1.54, 1.807) is 11.3 Å². The molecule has 14 heavy (non-hydrogen) atoms. The van der Waals surface area contributed by atoms with E-state index in [0.717, 1.165) is 13.1 Å². The van der Waals surface area contributed by atoms with Gasteiger partial charge in [0.15, 0.2) is 0 Å². The van der Waals surface area contributed by atoms with E-state index in [0.29, 0.717) is 5.92 Å². The van der Waals surface area contributed by atoms with Crippen molar-refractivity contribution in [3.05, 3.63) is 21.9 Å². The van der Waals surface area contributed by atoms with Gasteiger partial charge in [-0.2, -0.15) is 0 Å². The molecular weight excluding hydrogens is 194 g/mol. The molecule has 1 saturated heterocycles. The molecule has 2 aliphatic heterocycles. The van der Waals surface area contributed by atoms with Crippen molar-refractivity contribution in [3.8, 4) is 0 Å². The third-order valence-electron chi connectivity index (χ3n) is 3.43. The van der Waals surface area contributed by atoms with Gasteiger partial charge in [-0.15, -0.1) is 11.3 Å². The number of aliphatic hydroxyl groups excluding tert-OH is 1. The first kappa shape index (κ1) is 8.89. The van der Waals surface area contributed by atoms with Gasteiger partial charge in [0.2, 0.25) is 0 Å². The first-order valence-corrected chi connectivity index (χ1v) is 6.19. The van der Waals surface area contributed by atoms with Gasteiger partial charge in [0, 0.05) is 23.9 Å². The maximum atomic E-state index is 10.2. The molecule has 2 aliphatic rings. The second-order valence-electron chi connectivity index (χ2n) is 4.39. The van der Waals surface area contributed by atoms with Crippen LogP contribution < -0.4 is 0 Å². The van der Waals surface area contributed by atoms with Crippen LogP contribution in [0, 0.1) is 5.92 Å². The lowest BCUT2D eigenvalue weighted by molar-refractivity contribution is 0.0607. The molecule has 3 heterocycles. The molecular formula is C11H15NOS. The van der Waals surface area contributed by atoms with Crippen LogP contribution in [-0.4, -0.2) is 23.1 Å². The summed E-state index contributed by atoms with van der Waals surface area (Å²) in [6.07, 6.45) is 2.24. The average Bonchev–Trinajstić information content (AvgIpc) is 2.62. The zero-order chi connectivity index (χ0) is 9.54. The number of hydrogen-bond acceptors (Lipinski definition) is 3. The van der Waals surface area contributed by atoms with Crippen LogP contribution in [0.2, 0.25) is 0 Å². The first-order valence-electron chi connectivity index (χ1n) is 5.31. The molecule has 76 valence electrons. The predicted octanol–water partition coefficient (Wildman–Crippen LogP) is 2.01. The highest BCUT2D eigenvalue weighted by Crippen LogP contribution is 2.38. The average molecular weight is 209 g/mol. The second kappa shape index (κ2) is 3.33. The Bertz CT molecular complexity index is 336. The zero-order valence-electron chi connectivity index (χ0n) is 8.15. The fourth-order valence-electron chi connectivity index (χ4n) is 2.69. The summed E-state index contributed by atoms with van der Waals surface area (Å²) in [5.74, 6) is 0.476. The van der Waals surface area contributed by atoms with Crippen molar-refractivity contribution in [3.63, 3.8) is 0 Å². The van der Waals surface area contributed by atoms with E-state index in [4.69, 9.17) is 0 Å². The Morgan fingerprint density at radius 3 is 3.36 bits per heavy atom. The molecule has 3 rings (SSSR count). The summed E-state index contributed by atoms with van der Waals surface area (Å²) in [4.78, 5) is 3.70. The number of hydrogen-bond donors (Lipinski definition) is 1. The maximum absolute atomic E-state index is 10.2. The molecule has 0 spiro atoms. The third-order valence-corrected chi connectivity index (χ3v) is 4.46. The zero-order valence-corrected chi connectivity index (χ0v) is 8.96. The minimum absolute atomic E-state index is 0.199. The van der Waals surface area contributed by atoms with Crippen LogP contribution in [0.25, 0.3) is 0 Å². The largest absolute Gasteiger partial charge is 0.387 e. The standard InChI is InChI=1S/C11H15NOS/c13-10-8-2-1-4-12(6-8)7-9-3-5-14-11(9)10/h3,5,8,10,13H,1-2,4,6-7H2/t8-,10-/m0/s1. The van der Waals surface area contributed by atoms with E-state index >= 15 is 0 Å². The molecule has 3 heteroatoms. The van der Waals surface area contributed by atoms with Crippen LogP contribution in [0.3, 0.4) is 0 Å². The van der Waals surface area contributed by atoms with Crippen LogP contribution in [0.5, 0.6) is 0 Å². The van der Waals surface area contributed by atoms with E-state index < -0.39 is 0 Å². The molecule has 1 fully saturated rings. The van der Waals surface area contributed by atoms with Crippen molar-refractivity contribution in [2.24, 2.45) is 5.92 Å².